The van der Waals surface area contributed by atoms with E-state index in [-0.39, 0.29) is 17.6 Å². The zero-order chi connectivity index (χ0) is 12.9. The molecule has 4 nitrogen and oxygen atoms in total. The smallest absolute Gasteiger partial charge is 0.355 e. The number of carbonyl (C=O) groups excluding carboxylic acids is 1. The van der Waals surface area contributed by atoms with Crippen LogP contribution in [0.2, 0.25) is 0 Å². The number of carbonyl (C=O) groups is 1. The molecule has 17 heavy (non-hydrogen) atoms. The molecule has 0 saturated heterocycles. The Morgan fingerprint density at radius 3 is 2.76 bits per heavy atom. The fourth-order valence-corrected chi connectivity index (χ4v) is 1.68. The Labute approximate surface area is 100 Å². The van der Waals surface area contributed by atoms with Crippen LogP contribution in [0.3, 0.4) is 0 Å². The minimum Gasteiger partial charge on any atom is -0.355 e. The average molecular weight is 267 g/mol. The van der Waals surface area contributed by atoms with Crippen molar-refractivity contribution in [3.05, 3.63) is 11.1 Å². The molecule has 8 heteroatoms. The van der Waals surface area contributed by atoms with Gasteiger partial charge in [-0.05, 0) is 6.42 Å². The number of rotatable bonds is 5. The molecular formula is C9H12F3N3OS. The average Bonchev–Trinajstić information content (AvgIpc) is 2.71. The van der Waals surface area contributed by atoms with Crippen molar-refractivity contribution < 1.29 is 18.0 Å². The molecule has 0 atom stereocenters. The van der Waals surface area contributed by atoms with Gasteiger partial charge in [0.25, 0.3) is 0 Å². The van der Waals surface area contributed by atoms with Crippen molar-refractivity contribution in [2.24, 2.45) is 0 Å². The maximum atomic E-state index is 12.2. The molecule has 0 saturated carbocycles. The Morgan fingerprint density at radius 2 is 2.24 bits per heavy atom. The topological polar surface area (TPSA) is 54.0 Å². The van der Waals surface area contributed by atoms with Crippen LogP contribution in [0.4, 0.5) is 18.3 Å². The second kappa shape index (κ2) is 5.85. The van der Waals surface area contributed by atoms with E-state index in [1.165, 1.54) is 0 Å². The van der Waals surface area contributed by atoms with Crippen molar-refractivity contribution in [2.45, 2.75) is 19.5 Å². The van der Waals surface area contributed by atoms with Crippen LogP contribution >= 0.6 is 11.3 Å². The number of hydrogen-bond donors (Lipinski definition) is 2. The zero-order valence-corrected chi connectivity index (χ0v) is 9.91. The molecule has 2 N–H and O–H groups in total. The van der Waals surface area contributed by atoms with Gasteiger partial charge in [0.2, 0.25) is 5.91 Å². The monoisotopic (exact) mass is 267 g/mol. The van der Waals surface area contributed by atoms with Gasteiger partial charge in [0, 0.05) is 11.9 Å². The summed E-state index contributed by atoms with van der Waals surface area (Å²) >= 11 is 0.820. The van der Waals surface area contributed by atoms with Gasteiger partial charge in [0.05, 0.1) is 6.54 Å². The maximum Gasteiger partial charge on any atom is 0.434 e. The zero-order valence-electron chi connectivity index (χ0n) is 9.10. The molecule has 1 rings (SSSR count). The fourth-order valence-electron chi connectivity index (χ4n) is 0.968. The van der Waals surface area contributed by atoms with Gasteiger partial charge in [-0.1, -0.05) is 6.92 Å². The first kappa shape index (κ1) is 13.8. The molecule has 0 fully saturated rings. The van der Waals surface area contributed by atoms with E-state index in [1.54, 1.807) is 0 Å². The first-order chi connectivity index (χ1) is 7.93. The molecule has 0 aliphatic carbocycles. The third-order valence-corrected chi connectivity index (χ3v) is 2.57. The van der Waals surface area contributed by atoms with E-state index in [4.69, 9.17) is 0 Å². The summed E-state index contributed by atoms with van der Waals surface area (Å²) in [6, 6.07) is 0. The molecule has 1 heterocycles. The molecule has 0 aromatic carbocycles. The number of nitrogens with one attached hydrogen (secondary N) is 2. The van der Waals surface area contributed by atoms with Gasteiger partial charge in [-0.25, -0.2) is 4.98 Å². The van der Waals surface area contributed by atoms with Crippen LogP contribution in [0.1, 0.15) is 19.0 Å². The number of halogens is 3. The highest BCUT2D eigenvalue weighted by Gasteiger charge is 2.33. The van der Waals surface area contributed by atoms with Crippen molar-refractivity contribution in [1.82, 2.24) is 10.3 Å². The third kappa shape index (κ3) is 4.59. The number of aromatic nitrogens is 1. The van der Waals surface area contributed by atoms with Crippen LogP contribution in [-0.4, -0.2) is 24.0 Å². The highest BCUT2D eigenvalue weighted by atomic mass is 32.1. The largest absolute Gasteiger partial charge is 0.434 e. The summed E-state index contributed by atoms with van der Waals surface area (Å²) in [4.78, 5) is 14.5. The fraction of sp³-hybridized carbons (Fsp3) is 0.556. The molecule has 1 aromatic rings. The number of anilines is 1. The normalized spacial score (nSPS) is 11.3. The summed E-state index contributed by atoms with van der Waals surface area (Å²) in [6.07, 6.45) is -3.64. The van der Waals surface area contributed by atoms with Crippen LogP contribution < -0.4 is 10.6 Å². The summed E-state index contributed by atoms with van der Waals surface area (Å²) < 4.78 is 36.6. The molecule has 0 radical (unpaired) electrons. The summed E-state index contributed by atoms with van der Waals surface area (Å²) in [5, 5.41) is 6.13. The van der Waals surface area contributed by atoms with E-state index >= 15 is 0 Å². The molecule has 96 valence electrons. The van der Waals surface area contributed by atoms with Crippen LogP contribution in [-0.2, 0) is 11.0 Å². The second-order valence-electron chi connectivity index (χ2n) is 3.24. The number of alkyl halides is 3. The van der Waals surface area contributed by atoms with Gasteiger partial charge < -0.3 is 10.6 Å². The van der Waals surface area contributed by atoms with Gasteiger partial charge >= 0.3 is 6.18 Å². The van der Waals surface area contributed by atoms with E-state index in [0.717, 1.165) is 23.1 Å². The van der Waals surface area contributed by atoms with E-state index in [0.29, 0.717) is 6.54 Å². The molecule has 1 amide bonds. The quantitative estimate of drug-likeness (QED) is 0.859. The van der Waals surface area contributed by atoms with Crippen molar-refractivity contribution in [1.29, 1.82) is 0 Å². The van der Waals surface area contributed by atoms with Gasteiger partial charge in [-0.15, -0.1) is 11.3 Å². The standard InChI is InChI=1S/C9H12F3N3OS/c1-2-3-13-7(16)4-14-8-15-6(5-17-8)9(10,11)12/h5H,2-4H2,1H3,(H,13,16)(H,14,15). The van der Waals surface area contributed by atoms with E-state index in [9.17, 15) is 18.0 Å². The Bertz CT molecular complexity index is 378. The lowest BCUT2D eigenvalue weighted by atomic mass is 10.4. The molecular weight excluding hydrogens is 255 g/mol. The minimum absolute atomic E-state index is 0.0786. The SMILES string of the molecule is CCCNC(=O)CNc1nc(C(F)(F)F)cs1. The molecule has 0 unspecified atom stereocenters. The highest BCUT2D eigenvalue weighted by molar-refractivity contribution is 7.13. The van der Waals surface area contributed by atoms with Crippen molar-refractivity contribution in [2.75, 3.05) is 18.4 Å². The van der Waals surface area contributed by atoms with Gasteiger partial charge in [-0.3, -0.25) is 4.79 Å². The highest BCUT2D eigenvalue weighted by Crippen LogP contribution is 2.31. The predicted molar refractivity (Wildman–Crippen MR) is 58.9 cm³/mol. The summed E-state index contributed by atoms with van der Waals surface area (Å²) in [5.41, 5.74) is -0.945. The molecule has 0 bridgehead atoms. The number of hydrogen-bond acceptors (Lipinski definition) is 4. The van der Waals surface area contributed by atoms with Crippen LogP contribution in [0.5, 0.6) is 0 Å². The van der Waals surface area contributed by atoms with Crippen molar-refractivity contribution in [3.8, 4) is 0 Å². The second-order valence-corrected chi connectivity index (χ2v) is 4.10. The lowest BCUT2D eigenvalue weighted by Gasteiger charge is -2.04. The Kier molecular flexibility index (Phi) is 4.73. The van der Waals surface area contributed by atoms with Crippen molar-refractivity contribution in [3.63, 3.8) is 0 Å². The lowest BCUT2D eigenvalue weighted by Crippen LogP contribution is -2.30. The van der Waals surface area contributed by atoms with E-state index in [2.05, 4.69) is 15.6 Å². The Hall–Kier alpha value is -1.31. The van der Waals surface area contributed by atoms with E-state index in [1.807, 2.05) is 6.92 Å². The van der Waals surface area contributed by atoms with Crippen LogP contribution in [0.15, 0.2) is 5.38 Å². The third-order valence-electron chi connectivity index (χ3n) is 1.77. The number of thiazole rings is 1. The van der Waals surface area contributed by atoms with Crippen LogP contribution in [0.25, 0.3) is 0 Å². The maximum absolute atomic E-state index is 12.2. The predicted octanol–water partition coefficient (Wildman–Crippen LogP) is 2.10. The molecule has 0 aliphatic rings. The van der Waals surface area contributed by atoms with E-state index < -0.39 is 11.9 Å². The minimum atomic E-state index is -4.44. The van der Waals surface area contributed by atoms with Gasteiger partial charge in [-0.2, -0.15) is 13.2 Å². The lowest BCUT2D eigenvalue weighted by molar-refractivity contribution is -0.140. The first-order valence-corrected chi connectivity index (χ1v) is 5.84. The first-order valence-electron chi connectivity index (χ1n) is 4.96. The molecule has 1 aromatic heterocycles. The van der Waals surface area contributed by atoms with Crippen LogP contribution in [0, 0.1) is 0 Å². The van der Waals surface area contributed by atoms with Gasteiger partial charge in [0.1, 0.15) is 0 Å². The summed E-state index contributed by atoms with van der Waals surface area (Å²) in [6.45, 7) is 2.38. The summed E-state index contributed by atoms with van der Waals surface area (Å²) in [7, 11) is 0. The Balaban J connectivity index is 2.42. The number of nitrogens with zero attached hydrogens (tertiary/aromatic N) is 1. The summed E-state index contributed by atoms with van der Waals surface area (Å²) in [5.74, 6) is -0.268. The molecule has 0 spiro atoms. The number of amides is 1. The Morgan fingerprint density at radius 1 is 1.53 bits per heavy atom. The molecule has 0 aliphatic heterocycles. The van der Waals surface area contributed by atoms with Crippen molar-refractivity contribution >= 4 is 22.4 Å². The van der Waals surface area contributed by atoms with Gasteiger partial charge in [0.15, 0.2) is 10.8 Å².